The van der Waals surface area contributed by atoms with Crippen molar-refractivity contribution in [3.8, 4) is 0 Å². The average Bonchev–Trinajstić information content (AvgIpc) is 2.23. The molecule has 0 aliphatic rings. The molecule has 0 fully saturated rings. The second-order valence-electron chi connectivity index (χ2n) is 5.58. The fourth-order valence-electron chi connectivity index (χ4n) is 1.83. The Kier molecular flexibility index (Phi) is 14.9. The summed E-state index contributed by atoms with van der Waals surface area (Å²) in [6.07, 6.45) is 5.25. The minimum atomic E-state index is -4.09. The monoisotopic (exact) mass is 365 g/mol. The Bertz CT molecular complexity index is 386. The molecule has 21 heavy (non-hydrogen) atoms. The predicted molar refractivity (Wildman–Crippen MR) is 91.9 cm³/mol. The average molecular weight is 366 g/mol. The van der Waals surface area contributed by atoms with Crippen LogP contribution < -0.4 is 5.32 Å². The number of hydrogen-bond donors (Lipinski definition) is 2. The van der Waals surface area contributed by atoms with Gasteiger partial charge in [0.1, 0.15) is 0 Å². The Hall–Kier alpha value is 1.37. The molecule has 0 spiro atoms. The van der Waals surface area contributed by atoms with Crippen LogP contribution in [0.1, 0.15) is 52.9 Å². The summed E-state index contributed by atoms with van der Waals surface area (Å²) in [5.74, 6) is 1.14. The van der Waals surface area contributed by atoms with Gasteiger partial charge in [-0.2, -0.15) is 20.2 Å². The fourth-order valence-corrected chi connectivity index (χ4v) is 3.76. The quantitative estimate of drug-likeness (QED) is 0.331. The Balaban J connectivity index is 0. The topological polar surface area (TPSA) is 83.5 Å². The Morgan fingerprint density at radius 3 is 2.33 bits per heavy atom. The van der Waals surface area contributed by atoms with E-state index in [1.807, 2.05) is 0 Å². The molecule has 0 aromatic heterocycles. The molecule has 0 rings (SSSR count). The molecule has 0 aromatic rings. The third-order valence-corrected chi connectivity index (χ3v) is 4.79. The van der Waals surface area contributed by atoms with Crippen LogP contribution in [0.4, 0.5) is 0 Å². The zero-order valence-electron chi connectivity index (χ0n) is 12.6. The van der Waals surface area contributed by atoms with E-state index in [0.717, 1.165) is 11.5 Å². The van der Waals surface area contributed by atoms with E-state index in [2.05, 4.69) is 12.2 Å². The van der Waals surface area contributed by atoms with Crippen LogP contribution in [-0.4, -0.2) is 93.1 Å². The molecule has 0 atom stereocenters. The standard InChI is InChI=1S/C13H27NO4S2.K.H/c1-4-5-6-7-9-19-10-8-12(15)14-13(2,3)11-20(16,17)18;;/h4-11H2,1-3H3,(H,14,15)(H,16,17,18);;. The van der Waals surface area contributed by atoms with E-state index < -0.39 is 21.4 Å². The van der Waals surface area contributed by atoms with Crippen LogP contribution in [0.2, 0.25) is 0 Å². The molecule has 122 valence electrons. The third-order valence-electron chi connectivity index (χ3n) is 2.64. The van der Waals surface area contributed by atoms with E-state index in [-0.39, 0.29) is 57.3 Å². The van der Waals surface area contributed by atoms with Gasteiger partial charge in [-0.3, -0.25) is 9.35 Å². The maximum absolute atomic E-state index is 11.7. The predicted octanol–water partition coefficient (Wildman–Crippen LogP) is 1.82. The number of amides is 1. The molecule has 2 N–H and O–H groups in total. The molecule has 5 nitrogen and oxygen atoms in total. The van der Waals surface area contributed by atoms with Gasteiger partial charge in [0.2, 0.25) is 5.91 Å². The molecule has 0 saturated carbocycles. The minimum absolute atomic E-state index is 0. The maximum atomic E-state index is 11.7. The molecule has 1 amide bonds. The molecule has 0 aliphatic carbocycles. The summed E-state index contributed by atoms with van der Waals surface area (Å²) in [7, 11) is -4.09. The van der Waals surface area contributed by atoms with Crippen LogP contribution in [0.5, 0.6) is 0 Å². The van der Waals surface area contributed by atoms with Crippen LogP contribution in [0.15, 0.2) is 0 Å². The van der Waals surface area contributed by atoms with Crippen molar-refractivity contribution >= 4 is 79.2 Å². The second kappa shape index (κ2) is 12.7. The van der Waals surface area contributed by atoms with E-state index >= 15 is 0 Å². The van der Waals surface area contributed by atoms with Crippen LogP contribution in [0, 0.1) is 0 Å². The van der Waals surface area contributed by atoms with Crippen molar-refractivity contribution in [1.82, 2.24) is 5.32 Å². The summed E-state index contributed by atoms with van der Waals surface area (Å²) in [5.41, 5.74) is -0.948. The zero-order valence-corrected chi connectivity index (χ0v) is 14.3. The van der Waals surface area contributed by atoms with Crippen LogP contribution in [0.3, 0.4) is 0 Å². The molecule has 0 saturated heterocycles. The first-order valence-corrected chi connectivity index (χ1v) is 9.76. The van der Waals surface area contributed by atoms with Gasteiger partial charge < -0.3 is 5.32 Å². The van der Waals surface area contributed by atoms with Crippen molar-refractivity contribution in [3.63, 3.8) is 0 Å². The van der Waals surface area contributed by atoms with Crippen molar-refractivity contribution in [2.75, 3.05) is 17.3 Å². The van der Waals surface area contributed by atoms with Crippen molar-refractivity contribution in [2.45, 2.75) is 58.4 Å². The van der Waals surface area contributed by atoms with Crippen molar-refractivity contribution in [2.24, 2.45) is 0 Å². The van der Waals surface area contributed by atoms with Gasteiger partial charge in [0.25, 0.3) is 10.1 Å². The van der Waals surface area contributed by atoms with Gasteiger partial charge in [-0.1, -0.05) is 26.2 Å². The Morgan fingerprint density at radius 1 is 1.19 bits per heavy atom. The molecule has 0 aliphatic heterocycles. The SMILES string of the molecule is CCCCCCSCCC(=O)NC(C)(C)CS(=O)(=O)O.[KH]. The third kappa shape index (κ3) is 17.6. The Labute approximate surface area is 176 Å². The van der Waals surface area contributed by atoms with Gasteiger partial charge in [0.15, 0.2) is 0 Å². The number of hydrogen-bond acceptors (Lipinski definition) is 4. The second-order valence-corrected chi connectivity index (χ2v) is 8.26. The van der Waals surface area contributed by atoms with E-state index in [1.54, 1.807) is 25.6 Å². The van der Waals surface area contributed by atoms with Gasteiger partial charge >= 0.3 is 51.4 Å². The fraction of sp³-hybridized carbons (Fsp3) is 0.923. The molecule has 0 heterocycles. The van der Waals surface area contributed by atoms with Gasteiger partial charge in [-0.15, -0.1) is 0 Å². The summed E-state index contributed by atoms with van der Waals surface area (Å²) >= 11 is 1.74. The van der Waals surface area contributed by atoms with Crippen LogP contribution in [0.25, 0.3) is 0 Å². The first-order valence-electron chi connectivity index (χ1n) is 7.00. The molecular formula is C13H28KNO4S2. The summed E-state index contributed by atoms with van der Waals surface area (Å²) in [4.78, 5) is 11.7. The summed E-state index contributed by atoms with van der Waals surface area (Å²) < 4.78 is 30.4. The van der Waals surface area contributed by atoms with Gasteiger partial charge in [-0.05, 0) is 26.0 Å². The molecule has 0 radical (unpaired) electrons. The first-order chi connectivity index (χ1) is 9.16. The van der Waals surface area contributed by atoms with E-state index in [4.69, 9.17) is 4.55 Å². The number of rotatable bonds is 11. The number of carbonyl (C=O) groups is 1. The molecule has 0 unspecified atom stereocenters. The molecule has 0 aromatic carbocycles. The van der Waals surface area contributed by atoms with E-state index in [1.165, 1.54) is 25.7 Å². The summed E-state index contributed by atoms with van der Waals surface area (Å²) in [6.45, 7) is 5.33. The van der Waals surface area contributed by atoms with Gasteiger partial charge in [0, 0.05) is 12.2 Å². The first kappa shape index (κ1) is 24.6. The van der Waals surface area contributed by atoms with E-state index in [0.29, 0.717) is 6.42 Å². The van der Waals surface area contributed by atoms with Crippen molar-refractivity contribution in [1.29, 1.82) is 0 Å². The number of carbonyl (C=O) groups excluding carboxylic acids is 1. The molecular weight excluding hydrogens is 337 g/mol. The van der Waals surface area contributed by atoms with Crippen molar-refractivity contribution < 1.29 is 17.8 Å². The zero-order chi connectivity index (χ0) is 15.6. The van der Waals surface area contributed by atoms with E-state index in [9.17, 15) is 13.2 Å². The normalized spacial score (nSPS) is 11.8. The molecule has 8 heteroatoms. The van der Waals surface area contributed by atoms with Gasteiger partial charge in [0.05, 0.1) is 11.3 Å². The Morgan fingerprint density at radius 2 is 1.81 bits per heavy atom. The van der Waals surface area contributed by atoms with Crippen LogP contribution >= 0.6 is 11.8 Å². The van der Waals surface area contributed by atoms with Crippen molar-refractivity contribution in [3.05, 3.63) is 0 Å². The number of thioether (sulfide) groups is 1. The number of unbranched alkanes of at least 4 members (excludes halogenated alkanes) is 3. The summed E-state index contributed by atoms with van der Waals surface area (Å²) in [5, 5.41) is 2.63. The molecule has 0 bridgehead atoms. The number of nitrogens with one attached hydrogen (secondary N) is 1. The summed E-state index contributed by atoms with van der Waals surface area (Å²) in [6, 6.07) is 0. The van der Waals surface area contributed by atoms with Gasteiger partial charge in [-0.25, -0.2) is 0 Å². The van der Waals surface area contributed by atoms with Crippen LogP contribution in [-0.2, 0) is 14.9 Å².